The average Bonchev–Trinajstić information content (AvgIpc) is 1.85. The van der Waals surface area contributed by atoms with Crippen LogP contribution in [-0.2, 0) is 10.7 Å². The summed E-state index contributed by atoms with van der Waals surface area (Å²) in [6.07, 6.45) is 0. The van der Waals surface area contributed by atoms with Crippen LogP contribution in [0.5, 0.6) is 0 Å². The van der Waals surface area contributed by atoms with Gasteiger partial charge in [-0.05, 0) is 18.2 Å². The lowest BCUT2D eigenvalue weighted by Gasteiger charge is -1.93. The standard InChI is InChI=1S/C6H4Cl2O2S/c7-4-1-5(8)3-6(2-4)11(9)10/h1-3,11H. The van der Waals surface area contributed by atoms with E-state index in [2.05, 4.69) is 0 Å². The van der Waals surface area contributed by atoms with Crippen LogP contribution in [0, 0.1) is 0 Å². The van der Waals surface area contributed by atoms with Crippen LogP contribution in [0.4, 0.5) is 0 Å². The molecular formula is C6H4Cl2O2S. The van der Waals surface area contributed by atoms with E-state index in [1.165, 1.54) is 18.2 Å². The Kier molecular flexibility index (Phi) is 2.76. The molecule has 0 unspecified atom stereocenters. The lowest BCUT2D eigenvalue weighted by Crippen LogP contribution is -1.79. The highest BCUT2D eigenvalue weighted by molar-refractivity contribution is 7.72. The molecular weight excluding hydrogens is 207 g/mol. The van der Waals surface area contributed by atoms with Crippen molar-refractivity contribution in [3.05, 3.63) is 28.2 Å². The summed E-state index contributed by atoms with van der Waals surface area (Å²) in [6, 6.07) is 4.17. The predicted octanol–water partition coefficient (Wildman–Crippen LogP) is 1.96. The topological polar surface area (TPSA) is 34.1 Å². The number of halogens is 2. The molecule has 1 aromatic carbocycles. The Labute approximate surface area is 75.7 Å². The fourth-order valence-corrected chi connectivity index (χ4v) is 1.81. The van der Waals surface area contributed by atoms with Gasteiger partial charge in [0, 0.05) is 10.0 Å². The Balaban J connectivity index is 3.29. The van der Waals surface area contributed by atoms with Gasteiger partial charge in [0.25, 0.3) is 0 Å². The largest absolute Gasteiger partial charge is 0.227 e. The van der Waals surface area contributed by atoms with E-state index in [0.717, 1.165) is 0 Å². The SMILES string of the molecule is O=[SH](=O)c1cc(Cl)cc(Cl)c1. The van der Waals surface area contributed by atoms with Gasteiger partial charge in [-0.15, -0.1) is 0 Å². The highest BCUT2D eigenvalue weighted by Gasteiger charge is 1.98. The third kappa shape index (κ3) is 2.36. The van der Waals surface area contributed by atoms with E-state index in [1.54, 1.807) is 0 Å². The molecule has 0 saturated carbocycles. The second-order valence-electron chi connectivity index (χ2n) is 1.88. The van der Waals surface area contributed by atoms with Crippen molar-refractivity contribution >= 4 is 33.9 Å². The molecule has 1 aromatic rings. The van der Waals surface area contributed by atoms with E-state index in [1.807, 2.05) is 0 Å². The fraction of sp³-hybridized carbons (Fsp3) is 0. The molecule has 0 spiro atoms. The second-order valence-corrected chi connectivity index (χ2v) is 3.79. The van der Waals surface area contributed by atoms with Crippen molar-refractivity contribution in [1.29, 1.82) is 0 Å². The molecule has 0 heterocycles. The molecule has 0 atom stereocenters. The van der Waals surface area contributed by atoms with E-state index in [-0.39, 0.29) is 4.90 Å². The Morgan fingerprint density at radius 1 is 1.00 bits per heavy atom. The van der Waals surface area contributed by atoms with Crippen LogP contribution in [-0.4, -0.2) is 8.42 Å². The van der Waals surface area contributed by atoms with Gasteiger partial charge in [-0.2, -0.15) is 0 Å². The van der Waals surface area contributed by atoms with Crippen LogP contribution in [0.25, 0.3) is 0 Å². The molecule has 0 amide bonds. The lowest BCUT2D eigenvalue weighted by molar-refractivity contribution is 0.614. The zero-order valence-electron chi connectivity index (χ0n) is 5.25. The van der Waals surface area contributed by atoms with Gasteiger partial charge in [0.2, 0.25) is 0 Å². The van der Waals surface area contributed by atoms with Gasteiger partial charge in [-0.1, -0.05) is 23.2 Å². The zero-order chi connectivity index (χ0) is 8.43. The molecule has 0 bridgehead atoms. The van der Waals surface area contributed by atoms with Crippen LogP contribution < -0.4 is 0 Å². The second kappa shape index (κ2) is 3.43. The molecule has 0 aliphatic carbocycles. The van der Waals surface area contributed by atoms with Crippen molar-refractivity contribution in [3.63, 3.8) is 0 Å². The summed E-state index contributed by atoms with van der Waals surface area (Å²) < 4.78 is 20.9. The summed E-state index contributed by atoms with van der Waals surface area (Å²) in [6.45, 7) is 0. The van der Waals surface area contributed by atoms with Crippen molar-refractivity contribution in [1.82, 2.24) is 0 Å². The van der Waals surface area contributed by atoms with Crippen LogP contribution in [0.3, 0.4) is 0 Å². The van der Waals surface area contributed by atoms with Gasteiger partial charge in [0.1, 0.15) is 0 Å². The monoisotopic (exact) mass is 210 g/mol. The van der Waals surface area contributed by atoms with Crippen molar-refractivity contribution in [3.8, 4) is 0 Å². The van der Waals surface area contributed by atoms with Crippen molar-refractivity contribution in [2.45, 2.75) is 4.90 Å². The molecule has 0 N–H and O–H groups in total. The third-order valence-electron chi connectivity index (χ3n) is 1.06. The minimum absolute atomic E-state index is 0.137. The molecule has 0 saturated heterocycles. The maximum absolute atomic E-state index is 10.4. The van der Waals surface area contributed by atoms with E-state index in [0.29, 0.717) is 10.0 Å². The highest BCUT2D eigenvalue weighted by Crippen LogP contribution is 2.19. The molecule has 0 aromatic heterocycles. The first kappa shape index (κ1) is 8.84. The number of hydrogen-bond donors (Lipinski definition) is 1. The number of benzene rings is 1. The predicted molar refractivity (Wildman–Crippen MR) is 45.0 cm³/mol. The fourth-order valence-electron chi connectivity index (χ4n) is 0.645. The van der Waals surface area contributed by atoms with Crippen molar-refractivity contribution in [2.75, 3.05) is 0 Å². The summed E-state index contributed by atoms with van der Waals surface area (Å²) >= 11 is 11.1. The average molecular weight is 211 g/mol. The van der Waals surface area contributed by atoms with Gasteiger partial charge in [-0.3, -0.25) is 0 Å². The summed E-state index contributed by atoms with van der Waals surface area (Å²) in [5.74, 6) is 0. The van der Waals surface area contributed by atoms with Gasteiger partial charge in [0.15, 0.2) is 10.7 Å². The normalized spacial score (nSPS) is 10.5. The smallest absolute Gasteiger partial charge is 0.168 e. The van der Waals surface area contributed by atoms with Crippen molar-refractivity contribution in [2.24, 2.45) is 0 Å². The minimum Gasteiger partial charge on any atom is -0.227 e. The summed E-state index contributed by atoms with van der Waals surface area (Å²) in [4.78, 5) is 0.137. The Hall–Kier alpha value is -0.250. The van der Waals surface area contributed by atoms with E-state index >= 15 is 0 Å². The van der Waals surface area contributed by atoms with Gasteiger partial charge < -0.3 is 0 Å². The third-order valence-corrected chi connectivity index (χ3v) is 2.17. The molecule has 2 nitrogen and oxygen atoms in total. The quantitative estimate of drug-likeness (QED) is 0.720. The molecule has 5 heteroatoms. The van der Waals surface area contributed by atoms with E-state index < -0.39 is 10.7 Å². The lowest BCUT2D eigenvalue weighted by atomic mass is 10.4. The van der Waals surface area contributed by atoms with Gasteiger partial charge in [0.05, 0.1) is 4.90 Å². The molecule has 11 heavy (non-hydrogen) atoms. The number of thiol groups is 1. The maximum atomic E-state index is 10.4. The summed E-state index contributed by atoms with van der Waals surface area (Å²) in [5, 5.41) is 0.651. The highest BCUT2D eigenvalue weighted by atomic mass is 35.5. The molecule has 0 aliphatic rings. The molecule has 0 fully saturated rings. The van der Waals surface area contributed by atoms with Gasteiger partial charge in [-0.25, -0.2) is 8.42 Å². The van der Waals surface area contributed by atoms with Crippen LogP contribution in [0.1, 0.15) is 0 Å². The zero-order valence-corrected chi connectivity index (χ0v) is 7.66. The Morgan fingerprint density at radius 2 is 1.45 bits per heavy atom. The Morgan fingerprint density at radius 3 is 1.82 bits per heavy atom. The molecule has 60 valence electrons. The number of rotatable bonds is 1. The maximum Gasteiger partial charge on any atom is 0.168 e. The molecule has 0 radical (unpaired) electrons. The first-order valence-corrected chi connectivity index (χ1v) is 4.63. The molecule has 1 rings (SSSR count). The van der Waals surface area contributed by atoms with Crippen LogP contribution in [0.15, 0.2) is 23.1 Å². The van der Waals surface area contributed by atoms with E-state index in [9.17, 15) is 8.42 Å². The summed E-state index contributed by atoms with van der Waals surface area (Å²) in [5.41, 5.74) is 0. The van der Waals surface area contributed by atoms with Crippen molar-refractivity contribution < 1.29 is 8.42 Å². The Bertz CT molecular complexity index is 318. The first-order valence-electron chi connectivity index (χ1n) is 2.70. The minimum atomic E-state index is -2.60. The number of hydrogen-bond acceptors (Lipinski definition) is 2. The molecule has 0 aliphatic heterocycles. The van der Waals surface area contributed by atoms with Crippen LogP contribution >= 0.6 is 23.2 Å². The van der Waals surface area contributed by atoms with E-state index in [4.69, 9.17) is 23.2 Å². The first-order chi connectivity index (χ1) is 5.09. The summed E-state index contributed by atoms with van der Waals surface area (Å²) in [7, 11) is -2.60. The van der Waals surface area contributed by atoms with Gasteiger partial charge >= 0.3 is 0 Å². The van der Waals surface area contributed by atoms with Crippen LogP contribution in [0.2, 0.25) is 10.0 Å².